The number of nitrogen functional groups attached to an aromatic ring is 1. The molecule has 1 aromatic carbocycles. The maximum atomic E-state index is 13.4. The molecule has 5 heteroatoms. The van der Waals surface area contributed by atoms with Gasteiger partial charge in [-0.2, -0.15) is 0 Å². The zero-order chi connectivity index (χ0) is 12.3. The Morgan fingerprint density at radius 2 is 2.06 bits per heavy atom. The lowest BCUT2D eigenvalue weighted by molar-refractivity contribution is 0.0601. The molecule has 0 radical (unpaired) electrons. The van der Waals surface area contributed by atoms with Crippen LogP contribution in [0.5, 0.6) is 5.75 Å². The Kier molecular flexibility index (Phi) is 3.71. The Hall–Kier alpha value is -1.78. The summed E-state index contributed by atoms with van der Waals surface area (Å²) < 4.78 is 23.1. The van der Waals surface area contributed by atoms with Gasteiger partial charge in [-0.3, -0.25) is 0 Å². The fourth-order valence-corrected chi connectivity index (χ4v) is 1.20. The van der Waals surface area contributed by atoms with Gasteiger partial charge in [0.25, 0.3) is 0 Å². The van der Waals surface area contributed by atoms with E-state index in [0.717, 1.165) is 6.07 Å². The highest BCUT2D eigenvalue weighted by molar-refractivity contribution is 5.95. The number of hydrogen-bond acceptors (Lipinski definition) is 4. The summed E-state index contributed by atoms with van der Waals surface area (Å²) in [7, 11) is 1.23. The van der Waals surface area contributed by atoms with Crippen molar-refractivity contribution in [2.45, 2.75) is 20.0 Å². The molecule has 1 aromatic rings. The Balaban J connectivity index is 3.16. The number of carbonyl (C=O) groups excluding carboxylic acids is 1. The highest BCUT2D eigenvalue weighted by atomic mass is 19.1. The first kappa shape index (κ1) is 12.3. The van der Waals surface area contributed by atoms with Crippen molar-refractivity contribution in [2.75, 3.05) is 12.8 Å². The molecule has 2 N–H and O–H groups in total. The highest BCUT2D eigenvalue weighted by Crippen LogP contribution is 2.25. The van der Waals surface area contributed by atoms with Gasteiger partial charge in [0.2, 0.25) is 0 Å². The van der Waals surface area contributed by atoms with Crippen LogP contribution in [0.25, 0.3) is 0 Å². The number of ether oxygens (including phenoxy) is 2. The number of halogens is 1. The van der Waals surface area contributed by atoms with Crippen LogP contribution in [-0.4, -0.2) is 19.2 Å². The van der Waals surface area contributed by atoms with E-state index in [-0.39, 0.29) is 23.1 Å². The second-order valence-corrected chi connectivity index (χ2v) is 3.53. The van der Waals surface area contributed by atoms with Gasteiger partial charge >= 0.3 is 5.97 Å². The third-order valence-corrected chi connectivity index (χ3v) is 1.87. The molecule has 0 bridgehead atoms. The normalized spacial score (nSPS) is 10.3. The number of benzene rings is 1. The van der Waals surface area contributed by atoms with E-state index in [0.29, 0.717) is 0 Å². The lowest BCUT2D eigenvalue weighted by atomic mass is 10.1. The minimum atomic E-state index is -0.619. The number of esters is 1. The summed E-state index contributed by atoms with van der Waals surface area (Å²) >= 11 is 0. The van der Waals surface area contributed by atoms with Crippen LogP contribution < -0.4 is 10.5 Å². The van der Waals surface area contributed by atoms with Gasteiger partial charge in [0.05, 0.1) is 18.8 Å². The Labute approximate surface area is 93.2 Å². The minimum Gasteiger partial charge on any atom is -0.488 e. The van der Waals surface area contributed by atoms with E-state index >= 15 is 0 Å². The topological polar surface area (TPSA) is 61.5 Å². The van der Waals surface area contributed by atoms with Gasteiger partial charge in [0, 0.05) is 11.8 Å². The molecule has 0 aliphatic carbocycles. The van der Waals surface area contributed by atoms with Crippen molar-refractivity contribution < 1.29 is 18.7 Å². The molecule has 16 heavy (non-hydrogen) atoms. The van der Waals surface area contributed by atoms with Crippen LogP contribution in [0.3, 0.4) is 0 Å². The van der Waals surface area contributed by atoms with Crippen LogP contribution in [0, 0.1) is 5.82 Å². The maximum Gasteiger partial charge on any atom is 0.340 e. The maximum absolute atomic E-state index is 13.4. The zero-order valence-corrected chi connectivity index (χ0v) is 9.41. The summed E-state index contributed by atoms with van der Waals surface area (Å²) in [6.45, 7) is 3.52. The molecule has 0 fully saturated rings. The molecule has 0 aromatic heterocycles. The summed E-state index contributed by atoms with van der Waals surface area (Å²) in [6.07, 6.45) is -0.191. The summed E-state index contributed by atoms with van der Waals surface area (Å²) in [5, 5.41) is 0. The molecule has 4 nitrogen and oxygen atoms in total. The van der Waals surface area contributed by atoms with Crippen LogP contribution in [0.15, 0.2) is 12.1 Å². The second-order valence-electron chi connectivity index (χ2n) is 3.53. The standard InChI is InChI=1S/C11H14FNO3/c1-6(2)16-10-4-7(11(14)15-3)9(13)5-8(10)12/h4-6H,13H2,1-3H3. The third-order valence-electron chi connectivity index (χ3n) is 1.87. The molecular weight excluding hydrogens is 213 g/mol. The van der Waals surface area contributed by atoms with Crippen molar-refractivity contribution in [1.82, 2.24) is 0 Å². The molecule has 0 saturated carbocycles. The van der Waals surface area contributed by atoms with Crippen molar-refractivity contribution in [3.8, 4) is 5.75 Å². The zero-order valence-electron chi connectivity index (χ0n) is 9.41. The molecule has 0 aliphatic rings. The first-order chi connectivity index (χ1) is 7.45. The van der Waals surface area contributed by atoms with Crippen molar-refractivity contribution in [3.05, 3.63) is 23.5 Å². The second kappa shape index (κ2) is 4.83. The fraction of sp³-hybridized carbons (Fsp3) is 0.364. The number of nitrogens with two attached hydrogens (primary N) is 1. The Morgan fingerprint density at radius 3 is 2.56 bits per heavy atom. The van der Waals surface area contributed by atoms with Crippen LogP contribution in [0.2, 0.25) is 0 Å². The van der Waals surface area contributed by atoms with E-state index in [4.69, 9.17) is 10.5 Å². The van der Waals surface area contributed by atoms with E-state index in [9.17, 15) is 9.18 Å². The molecule has 0 spiro atoms. The molecule has 0 unspecified atom stereocenters. The van der Waals surface area contributed by atoms with Crippen molar-refractivity contribution >= 4 is 11.7 Å². The number of methoxy groups -OCH3 is 1. The van der Waals surface area contributed by atoms with Crippen molar-refractivity contribution in [1.29, 1.82) is 0 Å². The predicted octanol–water partition coefficient (Wildman–Crippen LogP) is 1.98. The van der Waals surface area contributed by atoms with Crippen LogP contribution >= 0.6 is 0 Å². The van der Waals surface area contributed by atoms with Crippen LogP contribution in [-0.2, 0) is 4.74 Å². The average molecular weight is 227 g/mol. The van der Waals surface area contributed by atoms with E-state index < -0.39 is 11.8 Å². The number of rotatable bonds is 3. The van der Waals surface area contributed by atoms with Gasteiger partial charge in [0.15, 0.2) is 11.6 Å². The summed E-state index contributed by atoms with van der Waals surface area (Å²) in [5.74, 6) is -1.23. The smallest absolute Gasteiger partial charge is 0.340 e. The highest BCUT2D eigenvalue weighted by Gasteiger charge is 2.16. The average Bonchev–Trinajstić information content (AvgIpc) is 2.20. The van der Waals surface area contributed by atoms with Crippen molar-refractivity contribution in [2.24, 2.45) is 0 Å². The van der Waals surface area contributed by atoms with Gasteiger partial charge in [-0.15, -0.1) is 0 Å². The van der Waals surface area contributed by atoms with E-state index in [1.165, 1.54) is 13.2 Å². The van der Waals surface area contributed by atoms with Gasteiger partial charge in [-0.05, 0) is 19.9 Å². The lowest BCUT2D eigenvalue weighted by Crippen LogP contribution is -2.11. The summed E-state index contributed by atoms with van der Waals surface area (Å²) in [4.78, 5) is 11.3. The molecule has 0 saturated heterocycles. The molecule has 0 heterocycles. The van der Waals surface area contributed by atoms with Gasteiger partial charge < -0.3 is 15.2 Å². The van der Waals surface area contributed by atoms with Gasteiger partial charge in [-0.1, -0.05) is 0 Å². The minimum absolute atomic E-state index is 0.00963. The molecule has 0 atom stereocenters. The summed E-state index contributed by atoms with van der Waals surface area (Å²) in [5.41, 5.74) is 5.63. The fourth-order valence-electron chi connectivity index (χ4n) is 1.20. The van der Waals surface area contributed by atoms with E-state index in [1.807, 2.05) is 0 Å². The lowest BCUT2D eigenvalue weighted by Gasteiger charge is -2.12. The molecule has 0 aliphatic heterocycles. The summed E-state index contributed by atoms with van der Waals surface area (Å²) in [6, 6.07) is 2.29. The van der Waals surface area contributed by atoms with Gasteiger partial charge in [-0.25, -0.2) is 9.18 Å². The number of anilines is 1. The quantitative estimate of drug-likeness (QED) is 0.633. The molecule has 0 amide bonds. The first-order valence-corrected chi connectivity index (χ1v) is 4.79. The largest absolute Gasteiger partial charge is 0.488 e. The van der Waals surface area contributed by atoms with Crippen LogP contribution in [0.4, 0.5) is 10.1 Å². The third kappa shape index (κ3) is 2.62. The Morgan fingerprint density at radius 1 is 1.44 bits per heavy atom. The number of hydrogen-bond donors (Lipinski definition) is 1. The van der Waals surface area contributed by atoms with Crippen molar-refractivity contribution in [3.63, 3.8) is 0 Å². The monoisotopic (exact) mass is 227 g/mol. The Bertz CT molecular complexity index is 404. The van der Waals surface area contributed by atoms with Gasteiger partial charge in [0.1, 0.15) is 0 Å². The first-order valence-electron chi connectivity index (χ1n) is 4.79. The molecule has 88 valence electrons. The van der Waals surface area contributed by atoms with E-state index in [1.54, 1.807) is 13.8 Å². The predicted molar refractivity (Wildman–Crippen MR) is 57.9 cm³/mol. The molecular formula is C11H14FNO3. The van der Waals surface area contributed by atoms with E-state index in [2.05, 4.69) is 4.74 Å². The number of carbonyl (C=O) groups is 1. The SMILES string of the molecule is COC(=O)c1cc(OC(C)C)c(F)cc1N. The molecule has 1 rings (SSSR count). The van der Waals surface area contributed by atoms with Crippen LogP contribution in [0.1, 0.15) is 24.2 Å².